The summed E-state index contributed by atoms with van der Waals surface area (Å²) in [5, 5.41) is 58.6. The van der Waals surface area contributed by atoms with E-state index in [0.717, 1.165) is 11.6 Å². The van der Waals surface area contributed by atoms with Gasteiger partial charge in [0.1, 0.15) is 24.1 Å². The second kappa shape index (κ2) is 11.1. The summed E-state index contributed by atoms with van der Waals surface area (Å²) < 4.78 is 16.2. The summed E-state index contributed by atoms with van der Waals surface area (Å²) in [5.41, 5.74) is 1.28. The van der Waals surface area contributed by atoms with Gasteiger partial charge in [-0.3, -0.25) is 0 Å². The third kappa shape index (κ3) is 6.44. The average molecular weight is 462 g/mol. The molecule has 0 bridgehead atoms. The SMILES string of the molecule is O=C(/C=C/c1ccc(O)c(O)c1)O[C@H]1[C@H](O)[C@@H](O)[C@H](OCCc2ccc(O)cc2)O[C@@H]1CO. The number of carbonyl (C=O) groups excluding carboxylic acids is 1. The maximum absolute atomic E-state index is 12.2. The molecule has 10 heteroatoms. The van der Waals surface area contributed by atoms with Gasteiger partial charge in [0, 0.05) is 6.08 Å². The summed E-state index contributed by atoms with van der Waals surface area (Å²) in [4.78, 5) is 12.2. The normalized spacial score (nSPS) is 25.2. The lowest BCUT2D eigenvalue weighted by atomic mass is 9.99. The van der Waals surface area contributed by atoms with Crippen molar-refractivity contribution in [3.05, 3.63) is 59.7 Å². The van der Waals surface area contributed by atoms with Crippen LogP contribution >= 0.6 is 0 Å². The molecular weight excluding hydrogens is 436 g/mol. The molecule has 2 aromatic rings. The number of phenols is 3. The van der Waals surface area contributed by atoms with Gasteiger partial charge >= 0.3 is 5.97 Å². The van der Waals surface area contributed by atoms with Gasteiger partial charge in [0.15, 0.2) is 23.9 Å². The van der Waals surface area contributed by atoms with Crippen LogP contribution in [-0.4, -0.2) is 80.5 Å². The van der Waals surface area contributed by atoms with E-state index < -0.39 is 43.3 Å². The summed E-state index contributed by atoms with van der Waals surface area (Å²) >= 11 is 0. The molecule has 0 aromatic heterocycles. The number of aliphatic hydroxyl groups is 3. The zero-order chi connectivity index (χ0) is 24.0. The highest BCUT2D eigenvalue weighted by atomic mass is 16.7. The quantitative estimate of drug-likeness (QED) is 0.184. The van der Waals surface area contributed by atoms with Crippen LogP contribution in [-0.2, 0) is 25.4 Å². The fourth-order valence-electron chi connectivity index (χ4n) is 3.27. The van der Waals surface area contributed by atoms with Gasteiger partial charge in [-0.05, 0) is 47.9 Å². The first-order valence-corrected chi connectivity index (χ1v) is 10.2. The highest BCUT2D eigenvalue weighted by Crippen LogP contribution is 2.26. The van der Waals surface area contributed by atoms with Crippen molar-refractivity contribution in [1.29, 1.82) is 0 Å². The Kier molecular flexibility index (Phi) is 8.26. The zero-order valence-corrected chi connectivity index (χ0v) is 17.5. The molecule has 1 saturated heterocycles. The third-order valence-electron chi connectivity index (χ3n) is 5.09. The molecule has 1 aliphatic heterocycles. The Balaban J connectivity index is 1.56. The number of benzene rings is 2. The predicted octanol–water partition coefficient (Wildman–Crippen LogP) is 0.427. The lowest BCUT2D eigenvalue weighted by Crippen LogP contribution is -2.60. The van der Waals surface area contributed by atoms with Crippen molar-refractivity contribution in [2.24, 2.45) is 0 Å². The molecule has 5 atom stereocenters. The van der Waals surface area contributed by atoms with Gasteiger partial charge in [-0.1, -0.05) is 18.2 Å². The standard InChI is InChI=1S/C23H26O10/c24-12-18-22(33-19(28)8-4-14-3-7-16(26)17(27)11-14)20(29)21(30)23(32-18)31-10-9-13-1-5-15(25)6-2-13/h1-8,11,18,20-27,29-30H,9-10,12H2/b8-4+/t18-,20-,21-,22-,23-/m1/s1. The number of aliphatic hydroxyl groups excluding tert-OH is 3. The molecule has 0 unspecified atom stereocenters. The first-order chi connectivity index (χ1) is 15.8. The van der Waals surface area contributed by atoms with Crippen molar-refractivity contribution in [2.45, 2.75) is 37.1 Å². The number of hydrogen-bond acceptors (Lipinski definition) is 10. The maximum Gasteiger partial charge on any atom is 0.331 e. The molecule has 178 valence electrons. The highest BCUT2D eigenvalue weighted by Gasteiger charge is 2.46. The number of carbonyl (C=O) groups is 1. The van der Waals surface area contributed by atoms with E-state index in [1.807, 2.05) is 0 Å². The minimum Gasteiger partial charge on any atom is -0.508 e. The van der Waals surface area contributed by atoms with E-state index in [0.29, 0.717) is 12.0 Å². The minimum atomic E-state index is -1.58. The van der Waals surface area contributed by atoms with Gasteiger partial charge < -0.3 is 44.8 Å². The van der Waals surface area contributed by atoms with Crippen LogP contribution < -0.4 is 0 Å². The summed E-state index contributed by atoms with van der Waals surface area (Å²) in [6.45, 7) is -0.473. The molecule has 10 nitrogen and oxygen atoms in total. The molecule has 3 rings (SSSR count). The van der Waals surface area contributed by atoms with Crippen LogP contribution in [0.4, 0.5) is 0 Å². The molecule has 0 aliphatic carbocycles. The van der Waals surface area contributed by atoms with Crippen LogP contribution in [0.1, 0.15) is 11.1 Å². The topological polar surface area (TPSA) is 166 Å². The number of esters is 1. The van der Waals surface area contributed by atoms with Gasteiger partial charge in [-0.25, -0.2) is 4.79 Å². The van der Waals surface area contributed by atoms with E-state index in [9.17, 15) is 35.4 Å². The third-order valence-corrected chi connectivity index (χ3v) is 5.09. The van der Waals surface area contributed by atoms with E-state index in [-0.39, 0.29) is 23.9 Å². The van der Waals surface area contributed by atoms with Gasteiger partial charge in [-0.15, -0.1) is 0 Å². The van der Waals surface area contributed by atoms with Crippen LogP contribution in [0.5, 0.6) is 17.2 Å². The molecule has 1 heterocycles. The Morgan fingerprint density at radius 2 is 1.73 bits per heavy atom. The second-order valence-electron chi connectivity index (χ2n) is 7.48. The van der Waals surface area contributed by atoms with E-state index in [4.69, 9.17) is 14.2 Å². The van der Waals surface area contributed by atoms with Crippen molar-refractivity contribution in [3.8, 4) is 17.2 Å². The van der Waals surface area contributed by atoms with Gasteiger partial charge in [0.2, 0.25) is 0 Å². The smallest absolute Gasteiger partial charge is 0.331 e. The monoisotopic (exact) mass is 462 g/mol. The van der Waals surface area contributed by atoms with Crippen LogP contribution in [0, 0.1) is 0 Å². The van der Waals surface area contributed by atoms with Crippen molar-refractivity contribution in [1.82, 2.24) is 0 Å². The fourth-order valence-corrected chi connectivity index (χ4v) is 3.27. The molecular formula is C23H26O10. The number of hydrogen-bond donors (Lipinski definition) is 6. The Morgan fingerprint density at radius 1 is 1.00 bits per heavy atom. The Hall–Kier alpha value is -3.15. The van der Waals surface area contributed by atoms with Crippen molar-refractivity contribution < 1.29 is 49.6 Å². The van der Waals surface area contributed by atoms with Crippen molar-refractivity contribution in [2.75, 3.05) is 13.2 Å². The molecule has 0 spiro atoms. The highest BCUT2D eigenvalue weighted by molar-refractivity contribution is 5.87. The molecule has 0 saturated carbocycles. The number of phenolic OH excluding ortho intramolecular Hbond substituents is 3. The number of ether oxygens (including phenoxy) is 3. The molecule has 1 aliphatic rings. The summed E-state index contributed by atoms with van der Waals surface area (Å²) in [6.07, 6.45) is -4.07. The lowest BCUT2D eigenvalue weighted by molar-refractivity contribution is -0.302. The molecule has 33 heavy (non-hydrogen) atoms. The van der Waals surface area contributed by atoms with Crippen LogP contribution in [0.15, 0.2) is 48.5 Å². The van der Waals surface area contributed by atoms with Gasteiger partial charge in [0.25, 0.3) is 0 Å². The lowest BCUT2D eigenvalue weighted by Gasteiger charge is -2.41. The van der Waals surface area contributed by atoms with Gasteiger partial charge in [-0.2, -0.15) is 0 Å². The van der Waals surface area contributed by atoms with Crippen LogP contribution in [0.2, 0.25) is 0 Å². The van der Waals surface area contributed by atoms with E-state index >= 15 is 0 Å². The predicted molar refractivity (Wildman–Crippen MR) is 114 cm³/mol. The molecule has 0 amide bonds. The largest absolute Gasteiger partial charge is 0.508 e. The molecule has 1 fully saturated rings. The Labute approximate surface area is 189 Å². The Morgan fingerprint density at radius 3 is 2.39 bits per heavy atom. The number of rotatable bonds is 8. The number of aromatic hydroxyl groups is 3. The maximum atomic E-state index is 12.2. The first kappa shape index (κ1) is 24.5. The molecule has 2 aromatic carbocycles. The minimum absolute atomic E-state index is 0.129. The molecule has 6 N–H and O–H groups in total. The average Bonchev–Trinajstić information content (AvgIpc) is 2.80. The van der Waals surface area contributed by atoms with Crippen molar-refractivity contribution in [3.63, 3.8) is 0 Å². The fraction of sp³-hybridized carbons (Fsp3) is 0.348. The second-order valence-corrected chi connectivity index (χ2v) is 7.48. The van der Waals surface area contributed by atoms with Crippen LogP contribution in [0.3, 0.4) is 0 Å². The zero-order valence-electron chi connectivity index (χ0n) is 17.5. The summed E-state index contributed by atoms with van der Waals surface area (Å²) in [7, 11) is 0. The van der Waals surface area contributed by atoms with E-state index in [2.05, 4.69) is 0 Å². The summed E-state index contributed by atoms with van der Waals surface area (Å²) in [5.74, 6) is -1.41. The van der Waals surface area contributed by atoms with E-state index in [1.165, 1.54) is 36.4 Å². The van der Waals surface area contributed by atoms with Gasteiger partial charge in [0.05, 0.1) is 13.2 Å². The van der Waals surface area contributed by atoms with E-state index in [1.54, 1.807) is 12.1 Å². The van der Waals surface area contributed by atoms with Crippen LogP contribution in [0.25, 0.3) is 6.08 Å². The van der Waals surface area contributed by atoms with Crippen molar-refractivity contribution >= 4 is 12.0 Å². The molecule has 0 radical (unpaired) electrons. The Bertz CT molecular complexity index is 956. The first-order valence-electron chi connectivity index (χ1n) is 10.2. The summed E-state index contributed by atoms with van der Waals surface area (Å²) in [6, 6.07) is 10.4.